The second kappa shape index (κ2) is 13.3. The summed E-state index contributed by atoms with van der Waals surface area (Å²) in [5, 5.41) is 0. The third kappa shape index (κ3) is 6.28. The molecule has 1 aliphatic heterocycles. The quantitative estimate of drug-likeness (QED) is 0.257. The Bertz CT molecular complexity index is 1720. The molecule has 1 aromatic heterocycles. The van der Waals surface area contributed by atoms with Crippen LogP contribution in [0.3, 0.4) is 0 Å². The van der Waals surface area contributed by atoms with Gasteiger partial charge in [0.15, 0.2) is 22.9 Å². The zero-order chi connectivity index (χ0) is 30.4. The molecule has 0 spiro atoms. The van der Waals surface area contributed by atoms with Crippen molar-refractivity contribution in [3.8, 4) is 11.5 Å². The number of carbonyl (C=O) groups is 3. The van der Waals surface area contributed by atoms with Gasteiger partial charge < -0.3 is 23.7 Å². The van der Waals surface area contributed by atoms with Gasteiger partial charge in [0.2, 0.25) is 0 Å². The Kier molecular flexibility index (Phi) is 9.58. The maximum atomic E-state index is 13.9. The molecule has 220 valence electrons. The van der Waals surface area contributed by atoms with Crippen molar-refractivity contribution in [2.45, 2.75) is 26.8 Å². The smallest absolute Gasteiger partial charge is 0.343 e. The van der Waals surface area contributed by atoms with Crippen LogP contribution in [0.15, 0.2) is 63.5 Å². The van der Waals surface area contributed by atoms with E-state index in [0.717, 1.165) is 0 Å². The molecule has 0 saturated carbocycles. The number of rotatable bonds is 10. The molecule has 42 heavy (non-hydrogen) atoms. The van der Waals surface area contributed by atoms with E-state index in [0.29, 0.717) is 49.8 Å². The fourth-order valence-electron chi connectivity index (χ4n) is 4.37. The molecule has 2 aromatic carbocycles. The second-order valence-electron chi connectivity index (χ2n) is 8.92. The van der Waals surface area contributed by atoms with Crippen LogP contribution in [0, 0.1) is 0 Å². The van der Waals surface area contributed by atoms with E-state index >= 15 is 0 Å². The molecule has 0 fully saturated rings. The maximum Gasteiger partial charge on any atom is 0.343 e. The van der Waals surface area contributed by atoms with E-state index in [9.17, 15) is 19.2 Å². The van der Waals surface area contributed by atoms with E-state index in [1.54, 1.807) is 69.3 Å². The summed E-state index contributed by atoms with van der Waals surface area (Å²) in [4.78, 5) is 55.5. The fraction of sp³-hybridized carbons (Fsp3) is 0.300. The van der Waals surface area contributed by atoms with E-state index in [1.165, 1.54) is 30.1 Å². The molecule has 0 unspecified atom stereocenters. The van der Waals surface area contributed by atoms with Gasteiger partial charge in [0.05, 0.1) is 54.8 Å². The maximum absolute atomic E-state index is 13.9. The standard InChI is InChI=1S/C30H30N2O9S/c1-6-39-22-15-20(12-13-21(22)41-16-24(33)37-4)26-25(29(36)40-7-2)17(3)31-30-32(26)27(34)23(42-30)14-18-8-10-19(11-9-18)28(35)38-5/h8-15,26H,6-7,16H2,1-5H3/b23-14-/t26-/m1/s1. The topological polar surface area (TPSA) is 132 Å². The molecule has 12 heteroatoms. The van der Waals surface area contributed by atoms with E-state index in [-0.39, 0.29) is 24.3 Å². The summed E-state index contributed by atoms with van der Waals surface area (Å²) in [5.41, 5.74) is 1.89. The fourth-order valence-corrected chi connectivity index (χ4v) is 5.42. The van der Waals surface area contributed by atoms with Gasteiger partial charge in [0.1, 0.15) is 0 Å². The lowest BCUT2D eigenvalue weighted by Gasteiger charge is -2.25. The highest BCUT2D eigenvalue weighted by Crippen LogP contribution is 2.36. The number of esters is 3. The lowest BCUT2D eigenvalue weighted by Crippen LogP contribution is -2.40. The Morgan fingerprint density at radius 3 is 2.33 bits per heavy atom. The van der Waals surface area contributed by atoms with Gasteiger partial charge in [0.25, 0.3) is 5.56 Å². The van der Waals surface area contributed by atoms with E-state index in [1.807, 2.05) is 0 Å². The molecule has 3 aromatic rings. The van der Waals surface area contributed by atoms with E-state index in [2.05, 4.69) is 9.73 Å². The van der Waals surface area contributed by atoms with Crippen molar-refractivity contribution in [1.29, 1.82) is 0 Å². The number of methoxy groups -OCH3 is 2. The Morgan fingerprint density at radius 2 is 1.69 bits per heavy atom. The van der Waals surface area contributed by atoms with Crippen LogP contribution in [-0.2, 0) is 23.8 Å². The number of ether oxygens (including phenoxy) is 5. The van der Waals surface area contributed by atoms with E-state index < -0.39 is 23.9 Å². The zero-order valence-electron chi connectivity index (χ0n) is 23.8. The highest BCUT2D eigenvalue weighted by atomic mass is 32.1. The molecule has 0 radical (unpaired) electrons. The van der Waals surface area contributed by atoms with Crippen molar-refractivity contribution in [3.63, 3.8) is 0 Å². The van der Waals surface area contributed by atoms with E-state index in [4.69, 9.17) is 18.9 Å². The number of thiazole rings is 1. The molecule has 1 aliphatic rings. The van der Waals surface area contributed by atoms with Crippen molar-refractivity contribution in [1.82, 2.24) is 4.57 Å². The number of fused-ring (bicyclic) bond motifs is 1. The van der Waals surface area contributed by atoms with Crippen molar-refractivity contribution in [3.05, 3.63) is 90.1 Å². The summed E-state index contributed by atoms with van der Waals surface area (Å²) < 4.78 is 28.0. The number of hydrogen-bond acceptors (Lipinski definition) is 11. The number of carbonyl (C=O) groups excluding carboxylic acids is 3. The van der Waals surface area contributed by atoms with Crippen LogP contribution in [-0.4, -0.2) is 56.5 Å². The Labute approximate surface area is 245 Å². The first kappa shape index (κ1) is 30.3. The average Bonchev–Trinajstić information content (AvgIpc) is 3.29. The number of allylic oxidation sites excluding steroid dienone is 1. The minimum Gasteiger partial charge on any atom is -0.490 e. The third-order valence-corrected chi connectivity index (χ3v) is 7.29. The van der Waals surface area contributed by atoms with Crippen molar-refractivity contribution >= 4 is 35.3 Å². The predicted octanol–water partition coefficient (Wildman–Crippen LogP) is 2.54. The number of benzene rings is 2. The average molecular weight is 595 g/mol. The summed E-state index contributed by atoms with van der Waals surface area (Å²) in [6, 6.07) is 10.7. The number of hydrogen-bond donors (Lipinski definition) is 0. The van der Waals surface area contributed by atoms with Crippen LogP contribution in [0.5, 0.6) is 11.5 Å². The normalized spacial score (nSPS) is 14.5. The summed E-state index contributed by atoms with van der Waals surface area (Å²) in [5.74, 6) is -0.995. The van der Waals surface area contributed by atoms with Gasteiger partial charge in [-0.1, -0.05) is 29.5 Å². The van der Waals surface area contributed by atoms with Crippen molar-refractivity contribution < 1.29 is 38.1 Å². The summed E-state index contributed by atoms with van der Waals surface area (Å²) in [6.45, 7) is 5.31. The molecule has 0 saturated heterocycles. The van der Waals surface area contributed by atoms with Crippen molar-refractivity contribution in [2.24, 2.45) is 4.99 Å². The third-order valence-electron chi connectivity index (χ3n) is 6.30. The highest BCUT2D eigenvalue weighted by Gasteiger charge is 2.34. The van der Waals surface area contributed by atoms with Gasteiger partial charge >= 0.3 is 17.9 Å². The van der Waals surface area contributed by atoms with Crippen LogP contribution in [0.25, 0.3) is 6.08 Å². The molecule has 4 rings (SSSR count). The largest absolute Gasteiger partial charge is 0.490 e. The lowest BCUT2D eigenvalue weighted by molar-refractivity contribution is -0.143. The molecular weight excluding hydrogens is 564 g/mol. The minimum absolute atomic E-state index is 0.138. The van der Waals surface area contributed by atoms with Crippen LogP contribution >= 0.6 is 11.3 Å². The number of aromatic nitrogens is 1. The predicted molar refractivity (Wildman–Crippen MR) is 153 cm³/mol. The Balaban J connectivity index is 1.86. The molecule has 11 nitrogen and oxygen atoms in total. The number of nitrogens with zero attached hydrogens (tertiary/aromatic N) is 2. The SMILES string of the molecule is CCOC(=O)C1=C(C)N=c2s/c(=C\c3ccc(C(=O)OC)cc3)c(=O)n2[C@@H]1c1ccc(OCC(=O)OC)c(OCC)c1. The summed E-state index contributed by atoms with van der Waals surface area (Å²) in [7, 11) is 2.57. The Hall–Kier alpha value is -4.71. The zero-order valence-corrected chi connectivity index (χ0v) is 24.6. The lowest BCUT2D eigenvalue weighted by atomic mass is 9.95. The molecule has 0 bridgehead atoms. The first-order valence-corrected chi connectivity index (χ1v) is 13.9. The van der Waals surface area contributed by atoms with Gasteiger partial charge in [-0.25, -0.2) is 19.4 Å². The van der Waals surface area contributed by atoms with Gasteiger partial charge in [-0.3, -0.25) is 9.36 Å². The van der Waals surface area contributed by atoms with Gasteiger partial charge in [-0.05, 0) is 62.2 Å². The summed E-state index contributed by atoms with van der Waals surface area (Å²) >= 11 is 1.18. The van der Waals surface area contributed by atoms with Crippen molar-refractivity contribution in [2.75, 3.05) is 34.0 Å². The molecule has 1 atom stereocenters. The van der Waals surface area contributed by atoms with Gasteiger partial charge in [-0.15, -0.1) is 0 Å². The minimum atomic E-state index is -0.877. The Morgan fingerprint density at radius 1 is 0.952 bits per heavy atom. The van der Waals surface area contributed by atoms with Crippen LogP contribution in [0.1, 0.15) is 48.3 Å². The second-order valence-corrected chi connectivity index (χ2v) is 9.93. The summed E-state index contributed by atoms with van der Waals surface area (Å²) in [6.07, 6.45) is 1.70. The van der Waals surface area contributed by atoms with Crippen LogP contribution < -0.4 is 24.4 Å². The first-order valence-electron chi connectivity index (χ1n) is 13.1. The van der Waals surface area contributed by atoms with Crippen LogP contribution in [0.2, 0.25) is 0 Å². The molecule has 0 N–H and O–H groups in total. The first-order chi connectivity index (χ1) is 20.2. The highest BCUT2D eigenvalue weighted by molar-refractivity contribution is 7.07. The molecular formula is C30H30N2O9S. The molecule has 0 amide bonds. The molecule has 0 aliphatic carbocycles. The van der Waals surface area contributed by atoms with Gasteiger partial charge in [0, 0.05) is 0 Å². The van der Waals surface area contributed by atoms with Crippen LogP contribution in [0.4, 0.5) is 0 Å². The molecule has 2 heterocycles. The van der Waals surface area contributed by atoms with Gasteiger partial charge in [-0.2, -0.15) is 0 Å². The monoisotopic (exact) mass is 594 g/mol.